The van der Waals surface area contributed by atoms with Gasteiger partial charge >= 0.3 is 0 Å². The summed E-state index contributed by atoms with van der Waals surface area (Å²) in [6.07, 6.45) is 3.93. The van der Waals surface area contributed by atoms with E-state index in [1.165, 1.54) is 4.80 Å². The lowest BCUT2D eigenvalue weighted by molar-refractivity contribution is -0.117. The van der Waals surface area contributed by atoms with Crippen LogP contribution in [0.2, 0.25) is 0 Å². The van der Waals surface area contributed by atoms with Crippen LogP contribution in [0.25, 0.3) is 0 Å². The number of Topliss-reactive ketones (excluding diaryl/α,β-unsaturated/α-hetero) is 1. The van der Waals surface area contributed by atoms with Gasteiger partial charge in [0.1, 0.15) is 5.78 Å². The molecular formula is C10H11N5O. The lowest BCUT2D eigenvalue weighted by Crippen LogP contribution is -2.08. The van der Waals surface area contributed by atoms with Crippen LogP contribution in [-0.2, 0) is 24.7 Å². The van der Waals surface area contributed by atoms with E-state index >= 15 is 0 Å². The summed E-state index contributed by atoms with van der Waals surface area (Å²) < 4.78 is 0. The molecule has 0 spiro atoms. The molecule has 0 aliphatic rings. The number of hydrogen-bond acceptors (Lipinski definition) is 5. The van der Waals surface area contributed by atoms with Crippen LogP contribution < -0.4 is 0 Å². The number of carbonyl (C=O) groups is 1. The van der Waals surface area contributed by atoms with E-state index in [9.17, 15) is 4.79 Å². The second-order valence-electron chi connectivity index (χ2n) is 3.45. The third-order valence-electron chi connectivity index (χ3n) is 2.03. The minimum Gasteiger partial charge on any atom is -0.299 e. The molecule has 0 bridgehead atoms. The zero-order chi connectivity index (χ0) is 11.4. The molecule has 2 rings (SSSR count). The first-order valence-electron chi connectivity index (χ1n) is 4.87. The number of rotatable bonds is 4. The van der Waals surface area contributed by atoms with E-state index in [2.05, 4.69) is 20.4 Å². The summed E-state index contributed by atoms with van der Waals surface area (Å²) in [6, 6.07) is 3.68. The summed E-state index contributed by atoms with van der Waals surface area (Å²) in [6.45, 7) is 0. The number of ketones is 1. The summed E-state index contributed by atoms with van der Waals surface area (Å²) in [5, 5.41) is 11.4. The van der Waals surface area contributed by atoms with Gasteiger partial charge in [-0.2, -0.15) is 4.80 Å². The average Bonchev–Trinajstić information content (AvgIpc) is 2.65. The van der Waals surface area contributed by atoms with Gasteiger partial charge in [0.15, 0.2) is 5.82 Å². The quantitative estimate of drug-likeness (QED) is 0.718. The van der Waals surface area contributed by atoms with Gasteiger partial charge in [0.25, 0.3) is 0 Å². The van der Waals surface area contributed by atoms with Gasteiger partial charge in [0, 0.05) is 18.8 Å². The molecule has 0 aromatic carbocycles. The number of aromatic nitrogens is 5. The van der Waals surface area contributed by atoms with Crippen molar-refractivity contribution in [2.45, 2.75) is 12.8 Å². The van der Waals surface area contributed by atoms with E-state index in [4.69, 9.17) is 0 Å². The van der Waals surface area contributed by atoms with Crippen molar-refractivity contribution < 1.29 is 4.79 Å². The molecule has 6 nitrogen and oxygen atoms in total. The summed E-state index contributed by atoms with van der Waals surface area (Å²) in [5.41, 5.74) is 0.899. The van der Waals surface area contributed by atoms with Gasteiger partial charge in [0.2, 0.25) is 0 Å². The maximum Gasteiger partial charge on any atom is 0.182 e. The van der Waals surface area contributed by atoms with Gasteiger partial charge in [-0.1, -0.05) is 6.07 Å². The Bertz CT molecular complexity index is 479. The van der Waals surface area contributed by atoms with Crippen molar-refractivity contribution in [1.82, 2.24) is 25.2 Å². The molecule has 16 heavy (non-hydrogen) atoms. The second-order valence-corrected chi connectivity index (χ2v) is 3.45. The van der Waals surface area contributed by atoms with Crippen LogP contribution in [0, 0.1) is 0 Å². The summed E-state index contributed by atoms with van der Waals surface area (Å²) in [4.78, 5) is 16.9. The zero-order valence-electron chi connectivity index (χ0n) is 8.87. The molecular weight excluding hydrogens is 206 g/mol. The molecule has 2 heterocycles. The monoisotopic (exact) mass is 217 g/mol. The van der Waals surface area contributed by atoms with Crippen LogP contribution in [0.15, 0.2) is 24.5 Å². The van der Waals surface area contributed by atoms with Gasteiger partial charge in [-0.05, 0) is 16.8 Å². The van der Waals surface area contributed by atoms with Crippen LogP contribution in [0.3, 0.4) is 0 Å². The van der Waals surface area contributed by atoms with Gasteiger partial charge in [0.05, 0.1) is 13.5 Å². The Hall–Kier alpha value is -2.11. The Morgan fingerprint density at radius 1 is 1.44 bits per heavy atom. The van der Waals surface area contributed by atoms with Crippen LogP contribution in [0.1, 0.15) is 11.4 Å². The highest BCUT2D eigenvalue weighted by Gasteiger charge is 2.09. The van der Waals surface area contributed by atoms with E-state index in [0.717, 1.165) is 5.56 Å². The molecule has 0 aliphatic heterocycles. The topological polar surface area (TPSA) is 73.6 Å². The second kappa shape index (κ2) is 4.61. The number of hydrogen-bond donors (Lipinski definition) is 0. The van der Waals surface area contributed by atoms with Crippen LogP contribution >= 0.6 is 0 Å². The highest BCUT2D eigenvalue weighted by Crippen LogP contribution is 2.00. The minimum atomic E-state index is 0.0565. The highest BCUT2D eigenvalue weighted by atomic mass is 16.1. The molecule has 6 heteroatoms. The smallest absolute Gasteiger partial charge is 0.182 e. The first-order valence-corrected chi connectivity index (χ1v) is 4.87. The van der Waals surface area contributed by atoms with E-state index in [1.807, 2.05) is 12.1 Å². The highest BCUT2D eigenvalue weighted by molar-refractivity contribution is 5.82. The van der Waals surface area contributed by atoms with Crippen molar-refractivity contribution in [3.63, 3.8) is 0 Å². The Labute approximate surface area is 92.3 Å². The molecule has 2 aromatic heterocycles. The number of carbonyl (C=O) groups excluding carboxylic acids is 1. The van der Waals surface area contributed by atoms with Crippen LogP contribution in [-0.4, -0.2) is 31.0 Å². The fourth-order valence-corrected chi connectivity index (χ4v) is 1.36. The number of nitrogens with zero attached hydrogens (tertiary/aromatic N) is 5. The van der Waals surface area contributed by atoms with E-state index in [-0.39, 0.29) is 12.2 Å². The predicted molar refractivity (Wildman–Crippen MR) is 55.5 cm³/mol. The molecule has 0 saturated heterocycles. The van der Waals surface area contributed by atoms with Crippen molar-refractivity contribution in [3.05, 3.63) is 35.9 Å². The Kier molecular flexibility index (Phi) is 3.00. The number of pyridine rings is 1. The fraction of sp³-hybridized carbons (Fsp3) is 0.300. The molecule has 0 unspecified atom stereocenters. The largest absolute Gasteiger partial charge is 0.299 e. The third kappa shape index (κ3) is 2.69. The van der Waals surface area contributed by atoms with Gasteiger partial charge < -0.3 is 0 Å². The Morgan fingerprint density at radius 2 is 2.31 bits per heavy atom. The maximum absolute atomic E-state index is 11.6. The number of tetrazole rings is 1. The average molecular weight is 217 g/mol. The van der Waals surface area contributed by atoms with E-state index in [1.54, 1.807) is 19.4 Å². The summed E-state index contributed by atoms with van der Waals surface area (Å²) in [5.74, 6) is 0.511. The molecule has 82 valence electrons. The van der Waals surface area contributed by atoms with E-state index in [0.29, 0.717) is 12.2 Å². The lowest BCUT2D eigenvalue weighted by Gasteiger charge is -1.97. The predicted octanol–water partition coefficient (Wildman–Crippen LogP) is -0.0406. The molecule has 0 aliphatic carbocycles. The Morgan fingerprint density at radius 3 is 2.94 bits per heavy atom. The standard InChI is InChI=1S/C10H11N5O/c1-15-13-10(12-14-15)6-9(16)5-8-3-2-4-11-7-8/h2-4,7H,5-6H2,1H3. The zero-order valence-corrected chi connectivity index (χ0v) is 8.87. The van der Waals surface area contributed by atoms with Crippen molar-refractivity contribution in [2.24, 2.45) is 7.05 Å². The van der Waals surface area contributed by atoms with Crippen molar-refractivity contribution in [1.29, 1.82) is 0 Å². The lowest BCUT2D eigenvalue weighted by atomic mass is 10.1. The first kappa shape index (κ1) is 10.4. The maximum atomic E-state index is 11.6. The SMILES string of the molecule is Cn1nnc(CC(=O)Cc2cccnc2)n1. The van der Waals surface area contributed by atoms with Crippen molar-refractivity contribution in [2.75, 3.05) is 0 Å². The van der Waals surface area contributed by atoms with Crippen molar-refractivity contribution in [3.8, 4) is 0 Å². The van der Waals surface area contributed by atoms with Crippen molar-refractivity contribution >= 4 is 5.78 Å². The van der Waals surface area contributed by atoms with Gasteiger partial charge in [-0.15, -0.1) is 10.2 Å². The normalized spacial score (nSPS) is 10.3. The van der Waals surface area contributed by atoms with Crippen LogP contribution in [0.5, 0.6) is 0 Å². The molecule has 0 amide bonds. The molecule has 0 fully saturated rings. The molecule has 0 N–H and O–H groups in total. The summed E-state index contributed by atoms with van der Waals surface area (Å²) >= 11 is 0. The van der Waals surface area contributed by atoms with Crippen LogP contribution in [0.4, 0.5) is 0 Å². The number of aryl methyl sites for hydroxylation is 1. The molecule has 0 saturated carbocycles. The third-order valence-corrected chi connectivity index (χ3v) is 2.03. The Balaban J connectivity index is 1.95. The van der Waals surface area contributed by atoms with Gasteiger partial charge in [-0.25, -0.2) is 0 Å². The minimum absolute atomic E-state index is 0.0565. The molecule has 2 aromatic rings. The van der Waals surface area contributed by atoms with Gasteiger partial charge in [-0.3, -0.25) is 9.78 Å². The van der Waals surface area contributed by atoms with E-state index < -0.39 is 0 Å². The fourth-order valence-electron chi connectivity index (χ4n) is 1.36. The summed E-state index contributed by atoms with van der Waals surface area (Å²) in [7, 11) is 1.67. The first-order chi connectivity index (χ1) is 7.74. The molecule has 0 radical (unpaired) electrons. The molecule has 0 atom stereocenters.